The van der Waals surface area contributed by atoms with Crippen molar-refractivity contribution < 1.29 is 9.90 Å². The van der Waals surface area contributed by atoms with Crippen LogP contribution in [0.15, 0.2) is 47.6 Å². The first kappa shape index (κ1) is 15.8. The third-order valence-corrected chi connectivity index (χ3v) is 4.29. The number of nitrogens with zero attached hydrogens (tertiary/aromatic N) is 2. The number of fused-ring (bicyclic) bond motifs is 1. The van der Waals surface area contributed by atoms with Crippen LogP contribution < -0.4 is 5.43 Å². The van der Waals surface area contributed by atoms with E-state index in [2.05, 4.69) is 15.1 Å². The quantitative estimate of drug-likeness (QED) is 0.574. The number of carbonyl (C=O) groups is 1. The molecule has 0 fully saturated rings. The number of carbonyl (C=O) groups excluding carboxylic acids is 1. The number of hydrogen-bond acceptors (Lipinski definition) is 3. The number of benzene rings is 2. The molecule has 2 N–H and O–H groups in total. The van der Waals surface area contributed by atoms with E-state index in [0.717, 1.165) is 27.7 Å². The minimum atomic E-state index is -0.445. The number of hydrogen-bond donors (Lipinski definition) is 2. The molecule has 3 aromatic rings. The predicted octanol–water partition coefficient (Wildman–Crippen LogP) is 3.26. The van der Waals surface area contributed by atoms with Gasteiger partial charge in [-0.2, -0.15) is 5.10 Å². The molecule has 0 saturated heterocycles. The fraction of sp³-hybridized carbons (Fsp3) is 0.158. The molecule has 0 saturated carbocycles. The third kappa shape index (κ3) is 2.88. The van der Waals surface area contributed by atoms with E-state index in [1.807, 2.05) is 51.2 Å². The Balaban J connectivity index is 1.81. The number of phenolic OH excluding ortho intramolecular Hbond substituents is 1. The van der Waals surface area contributed by atoms with Crippen molar-refractivity contribution in [1.29, 1.82) is 0 Å². The van der Waals surface area contributed by atoms with Crippen LogP contribution >= 0.6 is 0 Å². The highest BCUT2D eigenvalue weighted by atomic mass is 16.3. The summed E-state index contributed by atoms with van der Waals surface area (Å²) in [5.74, 6) is -0.507. The van der Waals surface area contributed by atoms with Gasteiger partial charge in [-0.3, -0.25) is 4.79 Å². The van der Waals surface area contributed by atoms with Gasteiger partial charge in [0.25, 0.3) is 5.91 Å². The number of rotatable bonds is 3. The largest absolute Gasteiger partial charge is 0.507 e. The van der Waals surface area contributed by atoms with Crippen LogP contribution in [0.2, 0.25) is 0 Å². The Morgan fingerprint density at radius 1 is 1.17 bits per heavy atom. The Bertz CT molecular complexity index is 955. The first-order chi connectivity index (χ1) is 11.5. The first-order valence-corrected chi connectivity index (χ1v) is 7.65. The molecule has 0 atom stereocenters. The number of aromatic hydroxyl groups is 1. The van der Waals surface area contributed by atoms with Crippen molar-refractivity contribution in [3.63, 3.8) is 0 Å². The van der Waals surface area contributed by atoms with Crippen molar-refractivity contribution in [3.8, 4) is 5.75 Å². The zero-order valence-corrected chi connectivity index (χ0v) is 13.9. The molecule has 1 aromatic heterocycles. The summed E-state index contributed by atoms with van der Waals surface area (Å²) < 4.78 is 2.05. The Morgan fingerprint density at radius 3 is 2.46 bits per heavy atom. The maximum Gasteiger partial charge on any atom is 0.275 e. The number of aromatic nitrogens is 1. The van der Waals surface area contributed by atoms with Crippen LogP contribution in [0.5, 0.6) is 5.75 Å². The normalized spacial score (nSPS) is 11.3. The Kier molecular flexibility index (Phi) is 4.08. The predicted molar refractivity (Wildman–Crippen MR) is 95.6 cm³/mol. The van der Waals surface area contributed by atoms with E-state index < -0.39 is 5.91 Å². The molecule has 0 aliphatic heterocycles. The number of aryl methyl sites for hydroxylation is 1. The average molecular weight is 321 g/mol. The third-order valence-electron chi connectivity index (χ3n) is 4.29. The highest BCUT2D eigenvalue weighted by molar-refractivity contribution is 6.01. The molecular weight excluding hydrogens is 302 g/mol. The summed E-state index contributed by atoms with van der Waals surface area (Å²) in [6.07, 6.45) is 1.61. The molecule has 0 bridgehead atoms. The van der Waals surface area contributed by atoms with Crippen LogP contribution in [0, 0.1) is 13.8 Å². The summed E-state index contributed by atoms with van der Waals surface area (Å²) in [6, 6.07) is 12.8. The molecule has 5 nitrogen and oxygen atoms in total. The summed E-state index contributed by atoms with van der Waals surface area (Å²) in [4.78, 5) is 12.3. The van der Waals surface area contributed by atoms with Crippen molar-refractivity contribution >= 4 is 22.9 Å². The summed E-state index contributed by atoms with van der Waals surface area (Å²) in [7, 11) is 1.98. The van der Waals surface area contributed by atoms with Gasteiger partial charge in [0.1, 0.15) is 5.75 Å². The molecule has 5 heteroatoms. The lowest BCUT2D eigenvalue weighted by Gasteiger charge is -2.05. The molecule has 0 unspecified atom stereocenters. The molecule has 24 heavy (non-hydrogen) atoms. The van der Waals surface area contributed by atoms with Crippen LogP contribution in [0.25, 0.3) is 10.8 Å². The van der Waals surface area contributed by atoms with E-state index in [-0.39, 0.29) is 11.3 Å². The maximum absolute atomic E-state index is 12.3. The van der Waals surface area contributed by atoms with E-state index in [1.165, 1.54) is 0 Å². The number of hydrazone groups is 1. The van der Waals surface area contributed by atoms with Crippen LogP contribution in [0.1, 0.15) is 27.3 Å². The van der Waals surface area contributed by atoms with Crippen molar-refractivity contribution in [1.82, 2.24) is 9.99 Å². The highest BCUT2D eigenvalue weighted by Crippen LogP contribution is 2.24. The van der Waals surface area contributed by atoms with E-state index in [0.29, 0.717) is 0 Å². The lowest BCUT2D eigenvalue weighted by molar-refractivity contribution is 0.0952. The zero-order valence-electron chi connectivity index (χ0n) is 13.9. The number of nitrogens with one attached hydrogen (secondary N) is 1. The molecule has 0 aliphatic rings. The van der Waals surface area contributed by atoms with Crippen LogP contribution in [0.3, 0.4) is 0 Å². The van der Waals surface area contributed by atoms with Gasteiger partial charge in [0.2, 0.25) is 0 Å². The average Bonchev–Trinajstić information content (AvgIpc) is 2.81. The second kappa shape index (κ2) is 6.20. The molecule has 0 spiro atoms. The van der Waals surface area contributed by atoms with Gasteiger partial charge in [0.05, 0.1) is 11.8 Å². The van der Waals surface area contributed by atoms with E-state index in [9.17, 15) is 9.90 Å². The van der Waals surface area contributed by atoms with Crippen molar-refractivity contribution in [3.05, 3.63) is 65.0 Å². The minimum Gasteiger partial charge on any atom is -0.507 e. The topological polar surface area (TPSA) is 66.6 Å². The van der Waals surface area contributed by atoms with Gasteiger partial charge < -0.3 is 9.67 Å². The second-order valence-corrected chi connectivity index (χ2v) is 5.80. The highest BCUT2D eigenvalue weighted by Gasteiger charge is 2.12. The Labute approximate surface area is 140 Å². The van der Waals surface area contributed by atoms with Crippen molar-refractivity contribution in [2.45, 2.75) is 13.8 Å². The first-order valence-electron chi connectivity index (χ1n) is 7.65. The molecular formula is C19H19N3O2. The summed E-state index contributed by atoms with van der Waals surface area (Å²) >= 11 is 0. The van der Waals surface area contributed by atoms with E-state index >= 15 is 0 Å². The smallest absolute Gasteiger partial charge is 0.275 e. The van der Waals surface area contributed by atoms with Gasteiger partial charge in [-0.25, -0.2) is 5.43 Å². The molecule has 1 amide bonds. The molecule has 122 valence electrons. The van der Waals surface area contributed by atoms with Crippen LogP contribution in [-0.2, 0) is 7.05 Å². The molecule has 2 aromatic carbocycles. The second-order valence-electron chi connectivity index (χ2n) is 5.80. The van der Waals surface area contributed by atoms with Gasteiger partial charge in [-0.1, -0.05) is 24.3 Å². The zero-order chi connectivity index (χ0) is 17.3. The number of phenols is 1. The fourth-order valence-corrected chi connectivity index (χ4v) is 2.65. The molecule has 0 radical (unpaired) electrons. The molecule has 0 aliphatic carbocycles. The lowest BCUT2D eigenvalue weighted by atomic mass is 10.1. The fourth-order valence-electron chi connectivity index (χ4n) is 2.65. The van der Waals surface area contributed by atoms with Crippen LogP contribution in [0.4, 0.5) is 0 Å². The number of amides is 1. The van der Waals surface area contributed by atoms with Gasteiger partial charge in [0, 0.05) is 24.0 Å². The molecule has 3 rings (SSSR count). The van der Waals surface area contributed by atoms with Crippen LogP contribution in [-0.4, -0.2) is 21.8 Å². The van der Waals surface area contributed by atoms with Gasteiger partial charge in [0.15, 0.2) is 0 Å². The maximum atomic E-state index is 12.3. The summed E-state index contributed by atoms with van der Waals surface area (Å²) in [6.45, 7) is 4.00. The summed E-state index contributed by atoms with van der Waals surface area (Å²) in [5.41, 5.74) is 5.80. The summed E-state index contributed by atoms with van der Waals surface area (Å²) in [5, 5.41) is 15.8. The minimum absolute atomic E-state index is 0.0619. The lowest BCUT2D eigenvalue weighted by Crippen LogP contribution is -2.17. The molecule has 1 heterocycles. The van der Waals surface area contributed by atoms with Crippen molar-refractivity contribution in [2.24, 2.45) is 12.1 Å². The Hall–Kier alpha value is -3.08. The van der Waals surface area contributed by atoms with Gasteiger partial charge in [-0.15, -0.1) is 0 Å². The van der Waals surface area contributed by atoms with Gasteiger partial charge >= 0.3 is 0 Å². The Morgan fingerprint density at radius 2 is 1.83 bits per heavy atom. The van der Waals surface area contributed by atoms with E-state index in [1.54, 1.807) is 18.3 Å². The van der Waals surface area contributed by atoms with Crippen molar-refractivity contribution in [2.75, 3.05) is 0 Å². The standard InChI is InChI=1S/C19H19N3O2/c1-12-8-16(13(2)22(12)3)11-20-21-19(24)17-9-14-6-4-5-7-15(14)10-18(17)23/h4-11,23H,1-3H3,(H,21,24). The SMILES string of the molecule is Cc1cc(C=NNC(=O)c2cc3ccccc3cc2O)c(C)n1C. The van der Waals surface area contributed by atoms with Gasteiger partial charge in [-0.05, 0) is 42.8 Å². The van der Waals surface area contributed by atoms with E-state index in [4.69, 9.17) is 0 Å². The monoisotopic (exact) mass is 321 g/mol.